The van der Waals surface area contributed by atoms with Gasteiger partial charge < -0.3 is 9.47 Å². The van der Waals surface area contributed by atoms with Crippen LogP contribution in [-0.2, 0) is 19.8 Å². The number of hydrogen-bond acceptors (Lipinski definition) is 3. The van der Waals surface area contributed by atoms with Gasteiger partial charge in [-0.05, 0) is 35.4 Å². The van der Waals surface area contributed by atoms with E-state index in [1.54, 1.807) is 38.2 Å². The van der Waals surface area contributed by atoms with Gasteiger partial charge in [0.2, 0.25) is 0 Å². The van der Waals surface area contributed by atoms with Gasteiger partial charge in [0.1, 0.15) is 6.33 Å². The van der Waals surface area contributed by atoms with Gasteiger partial charge in [-0.25, -0.2) is 4.39 Å². The van der Waals surface area contributed by atoms with E-state index < -0.39 is 29.7 Å². The van der Waals surface area contributed by atoms with Crippen molar-refractivity contribution >= 4 is 11.6 Å². The van der Waals surface area contributed by atoms with Crippen LogP contribution in [0.4, 0.5) is 23.2 Å². The van der Waals surface area contributed by atoms with Crippen LogP contribution < -0.4 is 4.90 Å². The maximum atomic E-state index is 15.0. The van der Waals surface area contributed by atoms with Crippen molar-refractivity contribution in [2.45, 2.75) is 31.7 Å². The van der Waals surface area contributed by atoms with Gasteiger partial charge in [-0.1, -0.05) is 25.1 Å². The van der Waals surface area contributed by atoms with Crippen LogP contribution in [0, 0.1) is 0 Å². The third-order valence-electron chi connectivity index (χ3n) is 5.41. The fourth-order valence-corrected chi connectivity index (χ4v) is 3.72. The number of nitrogens with zero attached hydrogens (tertiary/aromatic N) is 4. The highest BCUT2D eigenvalue weighted by Gasteiger charge is 2.39. The van der Waals surface area contributed by atoms with Crippen molar-refractivity contribution in [1.82, 2.24) is 14.8 Å². The number of benzene rings is 2. The molecule has 30 heavy (non-hydrogen) atoms. The van der Waals surface area contributed by atoms with E-state index in [-0.39, 0.29) is 23.5 Å². The Morgan fingerprint density at radius 3 is 2.53 bits per heavy atom. The minimum Gasteiger partial charge on any atom is -0.318 e. The Morgan fingerprint density at radius 2 is 1.87 bits per heavy atom. The summed E-state index contributed by atoms with van der Waals surface area (Å²) in [7, 11) is 1.64. The van der Waals surface area contributed by atoms with Crippen LogP contribution in [0.25, 0.3) is 0 Å². The zero-order valence-electron chi connectivity index (χ0n) is 16.2. The van der Waals surface area contributed by atoms with Gasteiger partial charge in [-0.3, -0.25) is 4.79 Å². The average Bonchev–Trinajstić information content (AvgIpc) is 3.29. The molecule has 0 saturated carbocycles. The van der Waals surface area contributed by atoms with Crippen LogP contribution >= 0.6 is 0 Å². The Hall–Kier alpha value is -3.23. The molecule has 4 rings (SSSR count). The number of alkyl halides is 4. The lowest BCUT2D eigenvalue weighted by atomic mass is 9.95. The van der Waals surface area contributed by atoms with Gasteiger partial charge in [0, 0.05) is 24.2 Å². The SMILES string of the molecule is CC(c1cccc(N2Cc3c(cccc3C(F)(F)F)C2=O)c1)C(F)c1nncn1C. The highest BCUT2D eigenvalue weighted by atomic mass is 19.4. The molecule has 0 aliphatic carbocycles. The second-order valence-corrected chi connectivity index (χ2v) is 7.31. The highest BCUT2D eigenvalue weighted by molar-refractivity contribution is 6.10. The van der Waals surface area contributed by atoms with Crippen LogP contribution in [0.2, 0.25) is 0 Å². The number of fused-ring (bicyclic) bond motifs is 1. The largest absolute Gasteiger partial charge is 0.416 e. The molecule has 0 fully saturated rings. The molecule has 2 unspecified atom stereocenters. The predicted octanol–water partition coefficient (Wildman–Crippen LogP) is 4.81. The van der Waals surface area contributed by atoms with Crippen molar-refractivity contribution in [1.29, 1.82) is 0 Å². The molecular formula is C21H18F4N4O. The van der Waals surface area contributed by atoms with Crippen molar-refractivity contribution in [2.24, 2.45) is 7.05 Å². The molecule has 0 bridgehead atoms. The smallest absolute Gasteiger partial charge is 0.318 e. The maximum absolute atomic E-state index is 15.0. The maximum Gasteiger partial charge on any atom is 0.416 e. The van der Waals surface area contributed by atoms with Crippen LogP contribution in [0.1, 0.15) is 51.9 Å². The van der Waals surface area contributed by atoms with E-state index in [9.17, 15) is 22.4 Å². The molecule has 0 radical (unpaired) electrons. The fourth-order valence-electron chi connectivity index (χ4n) is 3.72. The summed E-state index contributed by atoms with van der Waals surface area (Å²) in [6.45, 7) is 1.49. The minimum atomic E-state index is -4.55. The molecule has 2 atom stereocenters. The van der Waals surface area contributed by atoms with E-state index in [0.29, 0.717) is 11.3 Å². The molecular weight excluding hydrogens is 400 g/mol. The van der Waals surface area contributed by atoms with Crippen LogP contribution in [-0.4, -0.2) is 20.7 Å². The van der Waals surface area contributed by atoms with E-state index in [4.69, 9.17) is 0 Å². The van der Waals surface area contributed by atoms with Gasteiger partial charge in [0.05, 0.1) is 12.1 Å². The second-order valence-electron chi connectivity index (χ2n) is 7.31. The molecule has 0 saturated heterocycles. The summed E-state index contributed by atoms with van der Waals surface area (Å²) in [4.78, 5) is 14.1. The van der Waals surface area contributed by atoms with E-state index in [1.165, 1.54) is 27.9 Å². The van der Waals surface area contributed by atoms with Crippen LogP contribution in [0.15, 0.2) is 48.8 Å². The molecule has 2 aromatic carbocycles. The molecule has 3 aromatic rings. The molecule has 0 N–H and O–H groups in total. The number of hydrogen-bond donors (Lipinski definition) is 0. The Bertz CT molecular complexity index is 1110. The molecule has 156 valence electrons. The zero-order valence-corrected chi connectivity index (χ0v) is 16.2. The topological polar surface area (TPSA) is 51.0 Å². The molecule has 9 heteroatoms. The monoisotopic (exact) mass is 418 g/mol. The van der Waals surface area contributed by atoms with Gasteiger partial charge in [-0.2, -0.15) is 13.2 Å². The third kappa shape index (κ3) is 3.34. The summed E-state index contributed by atoms with van der Waals surface area (Å²) < 4.78 is 56.5. The van der Waals surface area contributed by atoms with E-state index in [2.05, 4.69) is 10.2 Å². The van der Waals surface area contributed by atoms with Gasteiger partial charge in [0.25, 0.3) is 5.91 Å². The molecule has 1 aliphatic rings. The van der Waals surface area contributed by atoms with Crippen LogP contribution in [0.5, 0.6) is 0 Å². The van der Waals surface area contributed by atoms with Gasteiger partial charge in [0.15, 0.2) is 12.0 Å². The first-order valence-electron chi connectivity index (χ1n) is 9.27. The fraction of sp³-hybridized carbons (Fsp3) is 0.286. The first-order valence-corrected chi connectivity index (χ1v) is 9.27. The predicted molar refractivity (Wildman–Crippen MR) is 102 cm³/mol. The number of carbonyl (C=O) groups is 1. The minimum absolute atomic E-state index is 0.0331. The second kappa shape index (κ2) is 7.23. The highest BCUT2D eigenvalue weighted by Crippen LogP contribution is 2.39. The van der Waals surface area contributed by atoms with E-state index in [0.717, 1.165) is 6.07 Å². The number of aryl methyl sites for hydroxylation is 1. The number of rotatable bonds is 4. The van der Waals surface area contributed by atoms with Crippen molar-refractivity contribution in [2.75, 3.05) is 4.90 Å². The first kappa shape index (κ1) is 20.1. The van der Waals surface area contributed by atoms with E-state index in [1.807, 2.05) is 0 Å². The van der Waals surface area contributed by atoms with Crippen LogP contribution in [0.3, 0.4) is 0 Å². The summed E-state index contributed by atoms with van der Waals surface area (Å²) in [5.41, 5.74) is 0.190. The summed E-state index contributed by atoms with van der Waals surface area (Å²) in [6, 6.07) is 10.2. The number of halogens is 4. The Balaban J connectivity index is 1.65. The zero-order chi connectivity index (χ0) is 21.6. The molecule has 2 heterocycles. The lowest BCUT2D eigenvalue weighted by Gasteiger charge is -2.21. The summed E-state index contributed by atoms with van der Waals surface area (Å²) >= 11 is 0. The summed E-state index contributed by atoms with van der Waals surface area (Å²) in [5, 5.41) is 7.49. The number of anilines is 1. The third-order valence-corrected chi connectivity index (χ3v) is 5.41. The lowest BCUT2D eigenvalue weighted by Crippen LogP contribution is -2.23. The summed E-state index contributed by atoms with van der Waals surface area (Å²) in [5.74, 6) is -0.933. The van der Waals surface area contributed by atoms with Crippen molar-refractivity contribution < 1.29 is 22.4 Å². The van der Waals surface area contributed by atoms with Crippen molar-refractivity contribution in [3.63, 3.8) is 0 Å². The van der Waals surface area contributed by atoms with Gasteiger partial charge in [-0.15, -0.1) is 10.2 Å². The Morgan fingerprint density at radius 1 is 1.13 bits per heavy atom. The Kier molecular flexibility index (Phi) is 4.83. The number of carbonyl (C=O) groups excluding carboxylic acids is 1. The summed E-state index contributed by atoms with van der Waals surface area (Å²) in [6.07, 6.45) is -4.57. The quantitative estimate of drug-likeness (QED) is 0.572. The normalized spacial score (nSPS) is 15.9. The molecule has 1 amide bonds. The standard InChI is InChI=1S/C21H18F4N4O/c1-12(18(22)19-27-26-11-28(19)2)13-5-3-6-14(9-13)29-10-16-15(20(29)30)7-4-8-17(16)21(23,24)25/h3-9,11-12,18H,10H2,1-2H3. The molecule has 0 spiro atoms. The van der Waals surface area contributed by atoms with Crippen molar-refractivity contribution in [3.8, 4) is 0 Å². The number of amides is 1. The molecule has 1 aromatic heterocycles. The van der Waals surface area contributed by atoms with Gasteiger partial charge >= 0.3 is 6.18 Å². The molecule has 1 aliphatic heterocycles. The average molecular weight is 418 g/mol. The first-order chi connectivity index (χ1) is 14.2. The Labute approximate surface area is 170 Å². The number of aromatic nitrogens is 3. The molecule has 5 nitrogen and oxygen atoms in total. The lowest BCUT2D eigenvalue weighted by molar-refractivity contribution is -0.138. The van der Waals surface area contributed by atoms with Crippen molar-refractivity contribution in [3.05, 3.63) is 76.9 Å². The van der Waals surface area contributed by atoms with E-state index >= 15 is 0 Å².